The molecule has 3 aromatic heterocycles. The average molecular weight is 497 g/mol. The SMILES string of the molecule is CCC(=O)Nc1ccc(N2C(=S)N[C@H](c3ccccn3)[C@H]2c2cccn2Cc2cccnc2)cc1C. The van der Waals surface area contributed by atoms with Gasteiger partial charge in [0.2, 0.25) is 5.91 Å². The minimum absolute atomic E-state index is 0.00877. The van der Waals surface area contributed by atoms with Crippen molar-refractivity contribution in [1.82, 2.24) is 19.9 Å². The summed E-state index contributed by atoms with van der Waals surface area (Å²) < 4.78 is 2.24. The predicted molar refractivity (Wildman–Crippen MR) is 146 cm³/mol. The first-order valence-corrected chi connectivity index (χ1v) is 12.4. The van der Waals surface area contributed by atoms with Gasteiger partial charge in [-0.05, 0) is 78.8 Å². The number of pyridine rings is 2. The van der Waals surface area contributed by atoms with E-state index in [2.05, 4.69) is 60.5 Å². The predicted octanol–water partition coefficient (Wildman–Crippen LogP) is 5.16. The van der Waals surface area contributed by atoms with Gasteiger partial charge < -0.3 is 20.1 Å². The molecule has 1 aromatic carbocycles. The van der Waals surface area contributed by atoms with E-state index in [1.807, 2.05) is 62.6 Å². The second-order valence-electron chi connectivity index (χ2n) is 8.82. The fourth-order valence-corrected chi connectivity index (χ4v) is 4.98. The van der Waals surface area contributed by atoms with Crippen molar-refractivity contribution in [1.29, 1.82) is 0 Å². The highest BCUT2D eigenvalue weighted by molar-refractivity contribution is 7.80. The van der Waals surface area contributed by atoms with E-state index in [0.717, 1.165) is 33.9 Å². The number of benzene rings is 1. The molecule has 8 heteroatoms. The number of amides is 1. The number of nitrogens with one attached hydrogen (secondary N) is 2. The van der Waals surface area contributed by atoms with Crippen molar-refractivity contribution < 1.29 is 4.79 Å². The Morgan fingerprint density at radius 2 is 2.00 bits per heavy atom. The van der Waals surface area contributed by atoms with E-state index in [1.54, 1.807) is 6.20 Å². The molecule has 0 radical (unpaired) electrons. The minimum atomic E-state index is -0.138. The second-order valence-corrected chi connectivity index (χ2v) is 9.21. The summed E-state index contributed by atoms with van der Waals surface area (Å²) in [5.74, 6) is -0.00877. The molecule has 1 saturated heterocycles. The second kappa shape index (κ2) is 10.3. The monoisotopic (exact) mass is 496 g/mol. The van der Waals surface area contributed by atoms with Crippen molar-refractivity contribution in [2.45, 2.75) is 38.9 Å². The molecular formula is C28H28N6OS. The van der Waals surface area contributed by atoms with E-state index in [4.69, 9.17) is 12.2 Å². The van der Waals surface area contributed by atoms with Gasteiger partial charge in [-0.15, -0.1) is 0 Å². The van der Waals surface area contributed by atoms with Crippen molar-refractivity contribution in [3.05, 3.63) is 108 Å². The van der Waals surface area contributed by atoms with Crippen LogP contribution in [0.2, 0.25) is 0 Å². The van der Waals surface area contributed by atoms with Gasteiger partial charge in [0.25, 0.3) is 0 Å². The first-order valence-electron chi connectivity index (χ1n) is 12.0. The van der Waals surface area contributed by atoms with E-state index in [0.29, 0.717) is 18.1 Å². The Labute approximate surface area is 216 Å². The van der Waals surface area contributed by atoms with Crippen LogP contribution in [0.25, 0.3) is 0 Å². The molecular weight excluding hydrogens is 468 g/mol. The molecule has 4 heterocycles. The number of anilines is 2. The van der Waals surface area contributed by atoms with Gasteiger partial charge in [-0.2, -0.15) is 0 Å². The lowest BCUT2D eigenvalue weighted by Crippen LogP contribution is -2.30. The molecule has 2 N–H and O–H groups in total. The maximum Gasteiger partial charge on any atom is 0.224 e. The van der Waals surface area contributed by atoms with Gasteiger partial charge in [0.05, 0.1) is 11.7 Å². The number of thiocarbonyl (C=S) groups is 1. The summed E-state index contributed by atoms with van der Waals surface area (Å²) in [6.07, 6.45) is 8.01. The van der Waals surface area contributed by atoms with Crippen LogP contribution in [0.3, 0.4) is 0 Å². The largest absolute Gasteiger partial charge is 0.351 e. The fourth-order valence-electron chi connectivity index (χ4n) is 4.64. The maximum atomic E-state index is 12.0. The molecule has 0 bridgehead atoms. The zero-order chi connectivity index (χ0) is 25.1. The van der Waals surface area contributed by atoms with Crippen LogP contribution in [0.4, 0.5) is 11.4 Å². The number of carbonyl (C=O) groups is 1. The molecule has 4 aromatic rings. The summed E-state index contributed by atoms with van der Waals surface area (Å²) in [7, 11) is 0. The van der Waals surface area contributed by atoms with Crippen molar-refractivity contribution in [2.75, 3.05) is 10.2 Å². The summed E-state index contributed by atoms with van der Waals surface area (Å²) in [4.78, 5) is 23.0. The number of aromatic nitrogens is 3. The number of carbonyl (C=O) groups excluding carboxylic acids is 1. The third kappa shape index (κ3) is 4.72. The van der Waals surface area contributed by atoms with Crippen LogP contribution >= 0.6 is 12.2 Å². The summed E-state index contributed by atoms with van der Waals surface area (Å²) in [5.41, 5.74) is 5.89. The lowest BCUT2D eigenvalue weighted by molar-refractivity contribution is -0.115. The minimum Gasteiger partial charge on any atom is -0.351 e. The zero-order valence-corrected chi connectivity index (χ0v) is 21.1. The van der Waals surface area contributed by atoms with Crippen LogP contribution in [0.1, 0.15) is 47.9 Å². The first-order chi connectivity index (χ1) is 17.5. The number of hydrogen-bond donors (Lipinski definition) is 2. The molecule has 0 saturated carbocycles. The maximum absolute atomic E-state index is 12.0. The molecule has 5 rings (SSSR count). The van der Waals surface area contributed by atoms with Crippen molar-refractivity contribution in [2.24, 2.45) is 0 Å². The zero-order valence-electron chi connectivity index (χ0n) is 20.3. The van der Waals surface area contributed by atoms with Crippen molar-refractivity contribution >= 4 is 34.6 Å². The van der Waals surface area contributed by atoms with Crippen LogP contribution in [0, 0.1) is 6.92 Å². The number of hydrogen-bond acceptors (Lipinski definition) is 4. The standard InChI is InChI=1S/C28H28N6OS/c1-3-25(35)31-22-12-11-21(16-19(22)2)34-27(26(32-28(34)36)23-9-4-5-14-30-23)24-10-7-15-33(24)18-20-8-6-13-29-17-20/h4-17,26-27H,3,18H2,1-2H3,(H,31,35)(H,32,36)/t26-,27-/m1/s1. The molecule has 1 aliphatic rings. The van der Waals surface area contributed by atoms with Gasteiger partial charge in [0, 0.05) is 54.8 Å². The summed E-state index contributed by atoms with van der Waals surface area (Å²) >= 11 is 5.89. The van der Waals surface area contributed by atoms with E-state index >= 15 is 0 Å². The average Bonchev–Trinajstić information content (AvgIpc) is 3.49. The van der Waals surface area contributed by atoms with Gasteiger partial charge in [-0.3, -0.25) is 14.8 Å². The molecule has 1 aliphatic heterocycles. The topological polar surface area (TPSA) is 75.1 Å². The summed E-state index contributed by atoms with van der Waals surface area (Å²) in [6.45, 7) is 4.54. The van der Waals surface area contributed by atoms with Gasteiger partial charge in [0.15, 0.2) is 5.11 Å². The molecule has 0 spiro atoms. The molecule has 0 aliphatic carbocycles. The van der Waals surface area contributed by atoms with Crippen LogP contribution in [-0.2, 0) is 11.3 Å². The van der Waals surface area contributed by atoms with Gasteiger partial charge in [-0.25, -0.2) is 0 Å². The Balaban J connectivity index is 1.56. The third-order valence-corrected chi connectivity index (χ3v) is 6.74. The van der Waals surface area contributed by atoms with Crippen LogP contribution in [0.5, 0.6) is 0 Å². The Bertz CT molecular complexity index is 1370. The first kappa shape index (κ1) is 23.7. The van der Waals surface area contributed by atoms with Gasteiger partial charge >= 0.3 is 0 Å². The molecule has 0 unspecified atom stereocenters. The Hall–Kier alpha value is -4.04. The number of rotatable bonds is 7. The van der Waals surface area contributed by atoms with Crippen LogP contribution in [0.15, 0.2) is 85.5 Å². The highest BCUT2D eigenvalue weighted by atomic mass is 32.1. The quantitative estimate of drug-likeness (QED) is 0.344. The lowest BCUT2D eigenvalue weighted by atomic mass is 10.0. The molecule has 182 valence electrons. The highest BCUT2D eigenvalue weighted by Crippen LogP contribution is 2.42. The van der Waals surface area contributed by atoms with Crippen LogP contribution in [-0.4, -0.2) is 25.6 Å². The summed E-state index contributed by atoms with van der Waals surface area (Å²) in [6, 6.07) is 19.9. The Kier molecular flexibility index (Phi) is 6.77. The van der Waals surface area contributed by atoms with Crippen LogP contribution < -0.4 is 15.5 Å². The Morgan fingerprint density at radius 1 is 1.11 bits per heavy atom. The molecule has 36 heavy (non-hydrogen) atoms. The highest BCUT2D eigenvalue weighted by Gasteiger charge is 2.42. The number of nitrogens with zero attached hydrogens (tertiary/aromatic N) is 4. The fraction of sp³-hybridized carbons (Fsp3) is 0.214. The molecule has 7 nitrogen and oxygen atoms in total. The van der Waals surface area contributed by atoms with E-state index in [1.165, 1.54) is 0 Å². The smallest absolute Gasteiger partial charge is 0.224 e. The Morgan fingerprint density at radius 3 is 2.72 bits per heavy atom. The van der Waals surface area contributed by atoms with E-state index in [9.17, 15) is 4.79 Å². The van der Waals surface area contributed by atoms with Crippen molar-refractivity contribution in [3.63, 3.8) is 0 Å². The van der Waals surface area contributed by atoms with E-state index < -0.39 is 0 Å². The van der Waals surface area contributed by atoms with E-state index in [-0.39, 0.29) is 18.0 Å². The summed E-state index contributed by atoms with van der Waals surface area (Å²) in [5, 5.41) is 7.13. The molecule has 2 atom stereocenters. The van der Waals surface area contributed by atoms with Crippen molar-refractivity contribution in [3.8, 4) is 0 Å². The lowest BCUT2D eigenvalue weighted by Gasteiger charge is -2.29. The number of aryl methyl sites for hydroxylation is 1. The van der Waals surface area contributed by atoms with Gasteiger partial charge in [0.1, 0.15) is 6.04 Å². The molecule has 1 fully saturated rings. The van der Waals surface area contributed by atoms with Gasteiger partial charge in [-0.1, -0.05) is 19.1 Å². The third-order valence-electron chi connectivity index (χ3n) is 6.42. The normalized spacial score (nSPS) is 17.2. The molecule has 1 amide bonds.